The molecule has 1 amide bonds. The third-order valence-electron chi connectivity index (χ3n) is 3.58. The van der Waals surface area contributed by atoms with Gasteiger partial charge in [-0.25, -0.2) is 5.84 Å². The molecule has 1 saturated heterocycles. The van der Waals surface area contributed by atoms with Gasteiger partial charge >= 0.3 is 0 Å². The highest BCUT2D eigenvalue weighted by Crippen LogP contribution is 2.19. The van der Waals surface area contributed by atoms with E-state index in [-0.39, 0.29) is 11.8 Å². The lowest BCUT2D eigenvalue weighted by Gasteiger charge is -2.31. The molecule has 19 heavy (non-hydrogen) atoms. The standard InChI is InChI=1S/C14H21N3O2/c1-19-13-6-4-11(5-7-13)9-17-8-2-3-12(10-17)14(18)16-15/h4-7,12H,2-3,8-10,15H2,1H3,(H,16,18). The van der Waals surface area contributed by atoms with Crippen LogP contribution in [0.4, 0.5) is 0 Å². The number of amides is 1. The molecule has 1 aliphatic heterocycles. The molecule has 3 N–H and O–H groups in total. The Labute approximate surface area is 113 Å². The lowest BCUT2D eigenvalue weighted by atomic mass is 9.97. The van der Waals surface area contributed by atoms with Gasteiger partial charge in [-0.2, -0.15) is 0 Å². The summed E-state index contributed by atoms with van der Waals surface area (Å²) in [7, 11) is 1.66. The van der Waals surface area contributed by atoms with Gasteiger partial charge in [0.2, 0.25) is 5.91 Å². The molecule has 1 heterocycles. The molecule has 0 saturated carbocycles. The molecule has 1 aromatic rings. The van der Waals surface area contributed by atoms with Gasteiger partial charge in [-0.15, -0.1) is 0 Å². The van der Waals surface area contributed by atoms with E-state index in [4.69, 9.17) is 10.6 Å². The highest BCUT2D eigenvalue weighted by atomic mass is 16.5. The van der Waals surface area contributed by atoms with Crippen LogP contribution in [0.3, 0.4) is 0 Å². The first kappa shape index (κ1) is 13.8. The molecular weight excluding hydrogens is 242 g/mol. The molecule has 5 heteroatoms. The van der Waals surface area contributed by atoms with Crippen LogP contribution in [0.1, 0.15) is 18.4 Å². The number of likely N-dealkylation sites (tertiary alicyclic amines) is 1. The number of hydrogen-bond acceptors (Lipinski definition) is 4. The number of rotatable bonds is 4. The number of nitrogens with two attached hydrogens (primary N) is 1. The van der Waals surface area contributed by atoms with Crippen LogP contribution in [-0.2, 0) is 11.3 Å². The van der Waals surface area contributed by atoms with Crippen molar-refractivity contribution in [2.24, 2.45) is 11.8 Å². The molecule has 0 spiro atoms. The lowest BCUT2D eigenvalue weighted by Crippen LogP contribution is -2.44. The second-order valence-corrected chi connectivity index (χ2v) is 4.93. The SMILES string of the molecule is COc1ccc(CN2CCCC(C(=O)NN)C2)cc1. The minimum Gasteiger partial charge on any atom is -0.497 e. The zero-order valence-electron chi connectivity index (χ0n) is 11.3. The largest absolute Gasteiger partial charge is 0.497 e. The maximum Gasteiger partial charge on any atom is 0.238 e. The van der Waals surface area contributed by atoms with Crippen molar-refractivity contribution < 1.29 is 9.53 Å². The third-order valence-corrected chi connectivity index (χ3v) is 3.58. The van der Waals surface area contributed by atoms with Crippen molar-refractivity contribution in [2.75, 3.05) is 20.2 Å². The average Bonchev–Trinajstić information content (AvgIpc) is 2.47. The van der Waals surface area contributed by atoms with E-state index in [2.05, 4.69) is 22.5 Å². The predicted octanol–water partition coefficient (Wildman–Crippen LogP) is 0.897. The molecule has 1 unspecified atom stereocenters. The summed E-state index contributed by atoms with van der Waals surface area (Å²) in [6.45, 7) is 2.66. The highest BCUT2D eigenvalue weighted by molar-refractivity contribution is 5.78. The Balaban J connectivity index is 1.92. The summed E-state index contributed by atoms with van der Waals surface area (Å²) in [5.41, 5.74) is 3.48. The quantitative estimate of drug-likeness (QED) is 0.481. The summed E-state index contributed by atoms with van der Waals surface area (Å²) in [5.74, 6) is 6.02. The number of piperidine rings is 1. The fraction of sp³-hybridized carbons (Fsp3) is 0.500. The smallest absolute Gasteiger partial charge is 0.238 e. The first-order valence-electron chi connectivity index (χ1n) is 6.58. The van der Waals surface area contributed by atoms with Gasteiger partial charge in [0.05, 0.1) is 13.0 Å². The molecule has 0 bridgehead atoms. The minimum absolute atomic E-state index is 0.0111. The average molecular weight is 263 g/mol. The van der Waals surface area contributed by atoms with Crippen LogP contribution in [0, 0.1) is 5.92 Å². The maximum atomic E-state index is 11.6. The van der Waals surface area contributed by atoms with E-state index in [0.717, 1.165) is 38.2 Å². The number of hydrogen-bond donors (Lipinski definition) is 2. The molecule has 104 valence electrons. The van der Waals surface area contributed by atoms with Gasteiger partial charge in [-0.1, -0.05) is 12.1 Å². The van der Waals surface area contributed by atoms with Crippen molar-refractivity contribution in [3.05, 3.63) is 29.8 Å². The fourth-order valence-electron chi connectivity index (χ4n) is 2.52. The first-order chi connectivity index (χ1) is 9.22. The summed E-state index contributed by atoms with van der Waals surface area (Å²) in [4.78, 5) is 13.9. The number of ether oxygens (including phenoxy) is 1. The van der Waals surface area contributed by atoms with E-state index in [9.17, 15) is 4.79 Å². The summed E-state index contributed by atoms with van der Waals surface area (Å²) < 4.78 is 5.14. The summed E-state index contributed by atoms with van der Waals surface area (Å²) in [6.07, 6.45) is 1.95. The number of carbonyl (C=O) groups excluding carboxylic acids is 1. The van der Waals surface area contributed by atoms with Gasteiger partial charge in [0.1, 0.15) is 5.75 Å². The maximum absolute atomic E-state index is 11.6. The fourth-order valence-corrected chi connectivity index (χ4v) is 2.52. The van der Waals surface area contributed by atoms with Crippen LogP contribution >= 0.6 is 0 Å². The number of carbonyl (C=O) groups is 1. The lowest BCUT2D eigenvalue weighted by molar-refractivity contribution is -0.126. The molecule has 0 radical (unpaired) electrons. The van der Waals surface area contributed by atoms with Gasteiger partial charge in [0.15, 0.2) is 0 Å². The zero-order valence-corrected chi connectivity index (χ0v) is 11.3. The Bertz CT molecular complexity index is 419. The van der Waals surface area contributed by atoms with Crippen molar-refractivity contribution >= 4 is 5.91 Å². The van der Waals surface area contributed by atoms with E-state index >= 15 is 0 Å². The summed E-state index contributed by atoms with van der Waals surface area (Å²) in [6, 6.07) is 8.05. The van der Waals surface area contributed by atoms with Crippen LogP contribution in [0.15, 0.2) is 24.3 Å². The Morgan fingerprint density at radius 2 is 2.21 bits per heavy atom. The monoisotopic (exact) mass is 263 g/mol. The molecule has 0 aliphatic carbocycles. The van der Waals surface area contributed by atoms with Crippen molar-refractivity contribution in [3.8, 4) is 5.75 Å². The van der Waals surface area contributed by atoms with Crippen molar-refractivity contribution in [2.45, 2.75) is 19.4 Å². The molecule has 1 aromatic carbocycles. The normalized spacial score (nSPS) is 20.0. The topological polar surface area (TPSA) is 67.6 Å². The van der Waals surface area contributed by atoms with Crippen molar-refractivity contribution in [3.63, 3.8) is 0 Å². The number of nitrogens with one attached hydrogen (secondary N) is 1. The Morgan fingerprint density at radius 3 is 2.84 bits per heavy atom. The van der Waals surface area contributed by atoms with Crippen LogP contribution < -0.4 is 16.0 Å². The Morgan fingerprint density at radius 1 is 1.47 bits per heavy atom. The summed E-state index contributed by atoms with van der Waals surface area (Å²) in [5, 5.41) is 0. The van der Waals surface area contributed by atoms with E-state index in [0.29, 0.717) is 0 Å². The Kier molecular flexibility index (Phi) is 4.76. The van der Waals surface area contributed by atoms with Gasteiger partial charge < -0.3 is 4.74 Å². The highest BCUT2D eigenvalue weighted by Gasteiger charge is 2.25. The molecular formula is C14H21N3O2. The Hall–Kier alpha value is -1.59. The van der Waals surface area contributed by atoms with Gasteiger partial charge in [-0.05, 0) is 37.1 Å². The number of benzene rings is 1. The van der Waals surface area contributed by atoms with Gasteiger partial charge in [0.25, 0.3) is 0 Å². The minimum atomic E-state index is -0.0561. The van der Waals surface area contributed by atoms with Crippen LogP contribution in [0.5, 0.6) is 5.75 Å². The van der Waals surface area contributed by atoms with Crippen molar-refractivity contribution in [1.82, 2.24) is 10.3 Å². The third kappa shape index (κ3) is 3.68. The van der Waals surface area contributed by atoms with E-state index in [1.807, 2.05) is 12.1 Å². The van der Waals surface area contributed by atoms with E-state index < -0.39 is 0 Å². The van der Waals surface area contributed by atoms with E-state index in [1.165, 1.54) is 5.56 Å². The number of methoxy groups -OCH3 is 1. The molecule has 1 atom stereocenters. The van der Waals surface area contributed by atoms with Crippen LogP contribution in [0.2, 0.25) is 0 Å². The number of hydrazine groups is 1. The zero-order chi connectivity index (χ0) is 13.7. The molecule has 5 nitrogen and oxygen atoms in total. The molecule has 1 fully saturated rings. The molecule has 0 aromatic heterocycles. The molecule has 2 rings (SSSR count). The van der Waals surface area contributed by atoms with Gasteiger partial charge in [0, 0.05) is 13.1 Å². The van der Waals surface area contributed by atoms with Gasteiger partial charge in [-0.3, -0.25) is 15.1 Å². The summed E-state index contributed by atoms with van der Waals surface area (Å²) >= 11 is 0. The van der Waals surface area contributed by atoms with Crippen molar-refractivity contribution in [1.29, 1.82) is 0 Å². The molecule has 1 aliphatic rings. The predicted molar refractivity (Wildman–Crippen MR) is 73.3 cm³/mol. The number of nitrogens with zero attached hydrogens (tertiary/aromatic N) is 1. The van der Waals surface area contributed by atoms with E-state index in [1.54, 1.807) is 7.11 Å². The first-order valence-corrected chi connectivity index (χ1v) is 6.58. The second-order valence-electron chi connectivity index (χ2n) is 4.93. The van der Waals surface area contributed by atoms with Crippen LogP contribution in [-0.4, -0.2) is 31.0 Å². The second kappa shape index (κ2) is 6.54. The van der Waals surface area contributed by atoms with Crippen LogP contribution in [0.25, 0.3) is 0 Å².